The van der Waals surface area contributed by atoms with Crippen LogP contribution in [-0.4, -0.2) is 68.0 Å². The van der Waals surface area contributed by atoms with Gasteiger partial charge in [-0.3, -0.25) is 9.18 Å². The molecule has 2 aliphatic rings. The van der Waals surface area contributed by atoms with Crippen molar-refractivity contribution in [3.63, 3.8) is 0 Å². The van der Waals surface area contributed by atoms with Gasteiger partial charge in [0, 0.05) is 44.0 Å². The third kappa shape index (κ3) is 7.36. The van der Waals surface area contributed by atoms with Crippen molar-refractivity contribution in [2.45, 2.75) is 32.1 Å². The van der Waals surface area contributed by atoms with Gasteiger partial charge < -0.3 is 20.9 Å². The van der Waals surface area contributed by atoms with Gasteiger partial charge in [0.15, 0.2) is 5.82 Å². The molecule has 0 radical (unpaired) electrons. The molecule has 3 N–H and O–H groups in total. The van der Waals surface area contributed by atoms with Gasteiger partial charge in [0.2, 0.25) is 5.91 Å². The van der Waals surface area contributed by atoms with E-state index in [2.05, 4.69) is 17.1 Å². The summed E-state index contributed by atoms with van der Waals surface area (Å²) in [6.07, 6.45) is 6.30. The summed E-state index contributed by atoms with van der Waals surface area (Å²) in [5, 5.41) is 17.4. The standard InChI is InChI=1S/C28H31FN6O.CH3F.CH5N/c1-33-13-14-34(19-28(33)36)23-11-12-25(24(29)15-23)35-26(22-9-7-20(17-30)8-10-22)16-27(32-35)31-18-21-5-3-2-4-6-21;2*1-2/h7-12,15-16,21H,2-6,13-14,18-19H2,1H3,(H,31,32);1H3;2H2,1H3. The van der Waals surface area contributed by atoms with Crippen LogP contribution in [0.25, 0.3) is 16.9 Å². The number of benzene rings is 2. The number of hydrogen-bond donors (Lipinski definition) is 2. The molecule has 2 aromatic carbocycles. The monoisotopic (exact) mass is 551 g/mol. The van der Waals surface area contributed by atoms with Gasteiger partial charge in [0.25, 0.3) is 0 Å². The Morgan fingerprint density at radius 2 is 1.75 bits per heavy atom. The second kappa shape index (κ2) is 15.0. The third-order valence-corrected chi connectivity index (χ3v) is 7.30. The Balaban J connectivity index is 0.00000106. The van der Waals surface area contributed by atoms with Crippen molar-refractivity contribution >= 4 is 17.4 Å². The predicted molar refractivity (Wildman–Crippen MR) is 156 cm³/mol. The molecule has 0 spiro atoms. The van der Waals surface area contributed by atoms with Crippen molar-refractivity contribution in [2.24, 2.45) is 11.7 Å². The SMILES string of the molecule is CF.CN.CN1CCN(c2ccc(-n3nc(NCC4CCCCC4)cc3-c3ccc(C#N)cc3)c(F)c2)CC1=O. The van der Waals surface area contributed by atoms with Gasteiger partial charge in [-0.05, 0) is 56.1 Å². The number of halogens is 2. The normalized spacial score (nSPS) is 15.4. The molecule has 2 heterocycles. The highest BCUT2D eigenvalue weighted by Gasteiger charge is 2.23. The Morgan fingerprint density at radius 1 is 1.05 bits per heavy atom. The number of anilines is 2. The molecule has 8 nitrogen and oxygen atoms in total. The van der Waals surface area contributed by atoms with E-state index in [1.54, 1.807) is 34.8 Å². The number of piperazine rings is 1. The van der Waals surface area contributed by atoms with E-state index >= 15 is 4.39 Å². The number of carbonyl (C=O) groups is 1. The molecule has 5 rings (SSSR count). The van der Waals surface area contributed by atoms with Crippen molar-refractivity contribution < 1.29 is 13.6 Å². The second-order valence-electron chi connectivity index (χ2n) is 9.77. The highest BCUT2D eigenvalue weighted by atomic mass is 19.1. The first-order valence-corrected chi connectivity index (χ1v) is 13.6. The van der Waals surface area contributed by atoms with Crippen molar-refractivity contribution in [3.8, 4) is 23.0 Å². The minimum atomic E-state index is -0.407. The van der Waals surface area contributed by atoms with E-state index in [1.165, 1.54) is 45.2 Å². The fourth-order valence-corrected chi connectivity index (χ4v) is 5.06. The van der Waals surface area contributed by atoms with Crippen LogP contribution in [0.4, 0.5) is 20.3 Å². The van der Waals surface area contributed by atoms with Crippen LogP contribution in [0.2, 0.25) is 0 Å². The van der Waals surface area contributed by atoms with Crippen LogP contribution in [0.3, 0.4) is 0 Å². The minimum Gasteiger partial charge on any atom is -0.368 e. The second-order valence-corrected chi connectivity index (χ2v) is 9.77. The van der Waals surface area contributed by atoms with Gasteiger partial charge in [-0.2, -0.15) is 5.26 Å². The summed E-state index contributed by atoms with van der Waals surface area (Å²) in [7, 11) is 3.78. The highest BCUT2D eigenvalue weighted by Crippen LogP contribution is 2.30. The van der Waals surface area contributed by atoms with Crippen LogP contribution in [0, 0.1) is 23.1 Å². The van der Waals surface area contributed by atoms with E-state index in [4.69, 9.17) is 5.10 Å². The Hall–Kier alpha value is -3.97. The lowest BCUT2D eigenvalue weighted by molar-refractivity contribution is -0.129. The lowest BCUT2D eigenvalue weighted by Crippen LogP contribution is -2.48. The summed E-state index contributed by atoms with van der Waals surface area (Å²) in [6.45, 7) is 2.36. The summed E-state index contributed by atoms with van der Waals surface area (Å²) in [4.78, 5) is 15.7. The fourth-order valence-electron chi connectivity index (χ4n) is 5.06. The number of rotatable bonds is 6. The van der Waals surface area contributed by atoms with Crippen LogP contribution in [-0.2, 0) is 4.79 Å². The first-order valence-electron chi connectivity index (χ1n) is 13.6. The van der Waals surface area contributed by atoms with Crippen molar-refractivity contribution in [1.82, 2.24) is 14.7 Å². The number of hydrogen-bond acceptors (Lipinski definition) is 6. The molecule has 0 unspecified atom stereocenters. The summed E-state index contributed by atoms with van der Waals surface area (Å²) in [5.74, 6) is 0.947. The van der Waals surface area contributed by atoms with Gasteiger partial charge in [0.05, 0.1) is 31.0 Å². The zero-order valence-electron chi connectivity index (χ0n) is 23.5. The predicted octanol–water partition coefficient (Wildman–Crippen LogP) is 4.98. The largest absolute Gasteiger partial charge is 0.368 e. The molecular weight excluding hydrogens is 512 g/mol. The van der Waals surface area contributed by atoms with Crippen LogP contribution in [0.1, 0.15) is 37.7 Å². The zero-order valence-corrected chi connectivity index (χ0v) is 23.5. The van der Waals surface area contributed by atoms with Crippen LogP contribution in [0.5, 0.6) is 0 Å². The molecule has 3 aromatic rings. The lowest BCUT2D eigenvalue weighted by atomic mass is 9.89. The highest BCUT2D eigenvalue weighted by molar-refractivity contribution is 5.82. The maximum Gasteiger partial charge on any atom is 0.241 e. The number of nitrogens with one attached hydrogen (secondary N) is 1. The molecule has 1 saturated carbocycles. The molecule has 1 aliphatic heterocycles. The van der Waals surface area contributed by atoms with Crippen LogP contribution < -0.4 is 16.0 Å². The van der Waals surface area contributed by atoms with Gasteiger partial charge in [-0.25, -0.2) is 9.07 Å². The van der Waals surface area contributed by atoms with Gasteiger partial charge in [0.1, 0.15) is 11.5 Å². The van der Waals surface area contributed by atoms with E-state index in [1.807, 2.05) is 29.2 Å². The van der Waals surface area contributed by atoms with E-state index < -0.39 is 5.82 Å². The van der Waals surface area contributed by atoms with Crippen molar-refractivity contribution in [1.29, 1.82) is 5.26 Å². The lowest BCUT2D eigenvalue weighted by Gasteiger charge is -2.33. The fraction of sp³-hybridized carbons (Fsp3) is 0.433. The molecule has 1 saturated heterocycles. The number of likely N-dealkylation sites (N-methyl/N-ethyl adjacent to an activating group) is 1. The average molecular weight is 552 g/mol. The average Bonchev–Trinajstić information content (AvgIpc) is 3.44. The molecule has 2 fully saturated rings. The van der Waals surface area contributed by atoms with Crippen LogP contribution in [0.15, 0.2) is 48.5 Å². The summed E-state index contributed by atoms with van der Waals surface area (Å²) < 4.78 is 26.6. The number of nitrogens with two attached hydrogens (primary N) is 1. The van der Waals surface area contributed by atoms with Crippen molar-refractivity contribution in [2.75, 3.05) is 57.7 Å². The maximum atomic E-state index is 15.5. The number of amides is 1. The molecule has 10 heteroatoms. The number of carbonyl (C=O) groups excluding carboxylic acids is 1. The number of aromatic nitrogens is 2. The van der Waals surface area contributed by atoms with E-state index in [0.717, 1.165) is 17.8 Å². The van der Waals surface area contributed by atoms with Gasteiger partial charge in [-0.15, -0.1) is 5.10 Å². The van der Waals surface area contributed by atoms with Crippen molar-refractivity contribution in [3.05, 3.63) is 59.9 Å². The molecule has 214 valence electrons. The van der Waals surface area contributed by atoms with Gasteiger partial charge >= 0.3 is 0 Å². The summed E-state index contributed by atoms with van der Waals surface area (Å²) >= 11 is 0. The molecule has 40 heavy (non-hydrogen) atoms. The molecule has 1 aliphatic carbocycles. The first kappa shape index (κ1) is 30.6. The van der Waals surface area contributed by atoms with Gasteiger partial charge in [-0.1, -0.05) is 31.4 Å². The smallest absolute Gasteiger partial charge is 0.241 e. The molecule has 0 bridgehead atoms. The third-order valence-electron chi connectivity index (χ3n) is 7.30. The van der Waals surface area contributed by atoms with Crippen LogP contribution >= 0.6 is 0 Å². The quantitative estimate of drug-likeness (QED) is 0.448. The first-order chi connectivity index (χ1) is 19.5. The Bertz CT molecular complexity index is 1280. The minimum absolute atomic E-state index is 0.0228. The number of nitriles is 1. The van der Waals surface area contributed by atoms with E-state index in [-0.39, 0.29) is 12.5 Å². The van der Waals surface area contributed by atoms with E-state index in [9.17, 15) is 14.4 Å². The molecule has 1 amide bonds. The van der Waals surface area contributed by atoms with E-state index in [0.29, 0.717) is 48.9 Å². The summed E-state index contributed by atoms with van der Waals surface area (Å²) in [6, 6.07) is 16.4. The Morgan fingerprint density at radius 3 is 2.38 bits per heavy atom. The zero-order chi connectivity index (χ0) is 29.1. The molecule has 1 aromatic heterocycles. The molecule has 0 atom stereocenters. The molecular formula is C30H39F2N7O. The Kier molecular flexibility index (Phi) is 11.5. The Labute approximate surface area is 235 Å². The maximum absolute atomic E-state index is 15.5. The number of alkyl halides is 1. The summed E-state index contributed by atoms with van der Waals surface area (Å²) in [5.41, 5.74) is 7.68. The number of nitrogens with zero attached hydrogens (tertiary/aromatic N) is 5. The topological polar surface area (TPSA) is 103 Å².